The molecule has 15 heavy (non-hydrogen) atoms. The van der Waals surface area contributed by atoms with Gasteiger partial charge < -0.3 is 15.2 Å². The van der Waals surface area contributed by atoms with Crippen LogP contribution in [0.25, 0.3) is 0 Å². The second-order valence-corrected chi connectivity index (χ2v) is 3.65. The average molecular weight is 223 g/mol. The van der Waals surface area contributed by atoms with E-state index in [4.69, 9.17) is 9.84 Å². The zero-order valence-electron chi connectivity index (χ0n) is 8.34. The quantitative estimate of drug-likeness (QED) is 0.713. The first-order chi connectivity index (χ1) is 7.05. The predicted octanol–water partition coefficient (Wildman–Crippen LogP) is 0.157. The van der Waals surface area contributed by atoms with Gasteiger partial charge in [-0.25, -0.2) is 8.78 Å². The molecule has 0 aliphatic carbocycles. The minimum atomic E-state index is -3.24. The Bertz CT molecular complexity index is 217. The number of nitrogens with one attached hydrogen (secondary N) is 1. The van der Waals surface area contributed by atoms with Crippen LogP contribution >= 0.6 is 0 Å². The van der Waals surface area contributed by atoms with Gasteiger partial charge in [-0.3, -0.25) is 4.79 Å². The number of aliphatic hydroxyl groups is 1. The molecular weight excluding hydrogens is 208 g/mol. The maximum Gasteiger partial charge on any atom is 0.287 e. The van der Waals surface area contributed by atoms with Crippen LogP contribution in [-0.4, -0.2) is 43.3 Å². The van der Waals surface area contributed by atoms with Crippen molar-refractivity contribution >= 4 is 5.91 Å². The van der Waals surface area contributed by atoms with Gasteiger partial charge in [0.25, 0.3) is 5.92 Å². The molecule has 1 saturated heterocycles. The van der Waals surface area contributed by atoms with Gasteiger partial charge in [0.05, 0.1) is 19.1 Å². The van der Waals surface area contributed by atoms with Crippen molar-refractivity contribution < 1.29 is 23.4 Å². The molecule has 0 aromatic carbocycles. The monoisotopic (exact) mass is 223 g/mol. The molecule has 4 nitrogen and oxygen atoms in total. The second kappa shape index (κ2) is 5.37. The highest BCUT2D eigenvalue weighted by atomic mass is 19.3. The molecule has 1 rings (SSSR count). The fraction of sp³-hybridized carbons (Fsp3) is 0.889. The van der Waals surface area contributed by atoms with Crippen LogP contribution in [0.15, 0.2) is 0 Å². The highest BCUT2D eigenvalue weighted by Gasteiger charge is 2.30. The van der Waals surface area contributed by atoms with Crippen LogP contribution in [0.2, 0.25) is 0 Å². The molecule has 1 aliphatic rings. The van der Waals surface area contributed by atoms with Crippen molar-refractivity contribution in [2.75, 3.05) is 26.4 Å². The van der Waals surface area contributed by atoms with Crippen LogP contribution in [-0.2, 0) is 9.53 Å². The lowest BCUT2D eigenvalue weighted by Gasteiger charge is -2.22. The largest absolute Gasteiger partial charge is 0.390 e. The molecule has 1 unspecified atom stereocenters. The molecule has 1 atom stereocenters. The molecule has 2 N–H and O–H groups in total. The van der Waals surface area contributed by atoms with E-state index in [1.165, 1.54) is 0 Å². The van der Waals surface area contributed by atoms with E-state index in [-0.39, 0.29) is 12.5 Å². The minimum absolute atomic E-state index is 0.288. The lowest BCUT2D eigenvalue weighted by molar-refractivity contribution is -0.131. The van der Waals surface area contributed by atoms with E-state index in [0.29, 0.717) is 13.0 Å². The summed E-state index contributed by atoms with van der Waals surface area (Å²) in [6.07, 6.45) is 1.44. The molecule has 1 amide bonds. The fourth-order valence-corrected chi connectivity index (χ4v) is 1.36. The second-order valence-electron chi connectivity index (χ2n) is 3.65. The number of rotatable bonds is 4. The van der Waals surface area contributed by atoms with Crippen molar-refractivity contribution in [3.05, 3.63) is 0 Å². The highest BCUT2D eigenvalue weighted by molar-refractivity contribution is 5.78. The summed E-state index contributed by atoms with van der Waals surface area (Å²) < 4.78 is 30.2. The van der Waals surface area contributed by atoms with Crippen LogP contribution in [0.5, 0.6) is 0 Å². The van der Waals surface area contributed by atoms with Crippen molar-refractivity contribution in [2.24, 2.45) is 5.92 Å². The third kappa shape index (κ3) is 4.09. The minimum Gasteiger partial charge on any atom is -0.390 e. The molecule has 0 radical (unpaired) electrons. The summed E-state index contributed by atoms with van der Waals surface area (Å²) in [6.45, 7) is -1.17. The van der Waals surface area contributed by atoms with Crippen molar-refractivity contribution in [1.29, 1.82) is 0 Å². The average Bonchev–Trinajstić information content (AvgIpc) is 2.27. The van der Waals surface area contributed by atoms with E-state index in [1.807, 2.05) is 0 Å². The number of carbonyl (C=O) groups excluding carboxylic acids is 1. The fourth-order valence-electron chi connectivity index (χ4n) is 1.36. The molecule has 0 aromatic heterocycles. The van der Waals surface area contributed by atoms with E-state index >= 15 is 0 Å². The van der Waals surface area contributed by atoms with Gasteiger partial charge in [0.1, 0.15) is 6.61 Å². The lowest BCUT2D eigenvalue weighted by atomic mass is 10.0. The van der Waals surface area contributed by atoms with Crippen molar-refractivity contribution in [1.82, 2.24) is 5.32 Å². The molecule has 1 heterocycles. The summed E-state index contributed by atoms with van der Waals surface area (Å²) in [6, 6.07) is 0. The molecule has 0 spiro atoms. The zero-order chi connectivity index (χ0) is 11.3. The van der Waals surface area contributed by atoms with Gasteiger partial charge in [0.2, 0.25) is 5.91 Å². The first kappa shape index (κ1) is 12.3. The van der Waals surface area contributed by atoms with E-state index in [0.717, 1.165) is 6.42 Å². The molecule has 0 aromatic rings. The van der Waals surface area contributed by atoms with Crippen molar-refractivity contribution in [3.8, 4) is 0 Å². The molecule has 6 heteroatoms. The van der Waals surface area contributed by atoms with Crippen LogP contribution in [0.1, 0.15) is 12.8 Å². The molecular formula is C9H15F2NO3. The Morgan fingerprint density at radius 2 is 2.33 bits per heavy atom. The van der Waals surface area contributed by atoms with E-state index < -0.39 is 25.0 Å². The normalized spacial score (nSPS) is 22.5. The smallest absolute Gasteiger partial charge is 0.287 e. The number of amides is 1. The van der Waals surface area contributed by atoms with Gasteiger partial charge in [-0.2, -0.15) is 0 Å². The summed E-state index contributed by atoms with van der Waals surface area (Å²) in [4.78, 5) is 11.4. The standard InChI is InChI=1S/C9H15F2NO3/c10-9(11,6-13)5-12-8(14)7-2-1-3-15-4-7/h7,13H,1-6H2,(H,12,14). The zero-order valence-corrected chi connectivity index (χ0v) is 8.34. The summed E-state index contributed by atoms with van der Waals surface area (Å²) in [7, 11) is 0. The molecule has 0 saturated carbocycles. The number of hydrogen-bond donors (Lipinski definition) is 2. The van der Waals surface area contributed by atoms with Gasteiger partial charge in [0.15, 0.2) is 0 Å². The number of ether oxygens (including phenoxy) is 1. The molecule has 1 aliphatic heterocycles. The molecule has 88 valence electrons. The first-order valence-corrected chi connectivity index (χ1v) is 4.89. The Hall–Kier alpha value is -0.750. The van der Waals surface area contributed by atoms with Crippen LogP contribution in [0.3, 0.4) is 0 Å². The maximum absolute atomic E-state index is 12.6. The Labute approximate surface area is 86.6 Å². The van der Waals surface area contributed by atoms with Crippen molar-refractivity contribution in [3.63, 3.8) is 0 Å². The Morgan fingerprint density at radius 1 is 1.60 bits per heavy atom. The SMILES string of the molecule is O=C(NCC(F)(F)CO)C1CCCOC1. The Balaban J connectivity index is 2.28. The first-order valence-electron chi connectivity index (χ1n) is 4.89. The number of halogens is 2. The van der Waals surface area contributed by atoms with Crippen LogP contribution in [0.4, 0.5) is 8.78 Å². The van der Waals surface area contributed by atoms with Crippen LogP contribution in [0, 0.1) is 5.92 Å². The van der Waals surface area contributed by atoms with Crippen LogP contribution < -0.4 is 5.32 Å². The maximum atomic E-state index is 12.6. The van der Waals surface area contributed by atoms with Crippen molar-refractivity contribution in [2.45, 2.75) is 18.8 Å². The summed E-state index contributed by atoms with van der Waals surface area (Å²) in [5.74, 6) is -4.01. The molecule has 0 bridgehead atoms. The van der Waals surface area contributed by atoms with Gasteiger partial charge in [-0.15, -0.1) is 0 Å². The third-order valence-electron chi connectivity index (χ3n) is 2.28. The summed E-state index contributed by atoms with van der Waals surface area (Å²) >= 11 is 0. The summed E-state index contributed by atoms with van der Waals surface area (Å²) in [5, 5.41) is 10.4. The van der Waals surface area contributed by atoms with E-state index in [2.05, 4.69) is 5.32 Å². The summed E-state index contributed by atoms with van der Waals surface area (Å²) in [5.41, 5.74) is 0. The topological polar surface area (TPSA) is 58.6 Å². The number of hydrogen-bond acceptors (Lipinski definition) is 3. The number of aliphatic hydroxyl groups excluding tert-OH is 1. The molecule has 1 fully saturated rings. The van der Waals surface area contributed by atoms with E-state index in [1.54, 1.807) is 0 Å². The predicted molar refractivity (Wildman–Crippen MR) is 48.6 cm³/mol. The Kier molecular flexibility index (Phi) is 4.41. The van der Waals surface area contributed by atoms with E-state index in [9.17, 15) is 13.6 Å². The van der Waals surface area contributed by atoms with Gasteiger partial charge in [-0.05, 0) is 12.8 Å². The van der Waals surface area contributed by atoms with Gasteiger partial charge in [-0.1, -0.05) is 0 Å². The highest BCUT2D eigenvalue weighted by Crippen LogP contribution is 2.15. The Morgan fingerprint density at radius 3 is 2.87 bits per heavy atom. The lowest BCUT2D eigenvalue weighted by Crippen LogP contribution is -2.43. The number of carbonyl (C=O) groups is 1. The van der Waals surface area contributed by atoms with Gasteiger partial charge in [0, 0.05) is 6.61 Å². The third-order valence-corrected chi connectivity index (χ3v) is 2.28. The number of alkyl halides is 2. The van der Waals surface area contributed by atoms with Gasteiger partial charge >= 0.3 is 0 Å².